The number of aliphatic hydroxyl groups excluding tert-OH is 2. The summed E-state index contributed by atoms with van der Waals surface area (Å²) >= 11 is 1.62. The van der Waals surface area contributed by atoms with Crippen LogP contribution < -0.4 is 10.6 Å². The molecular formula is C27H37N3O3S. The predicted molar refractivity (Wildman–Crippen MR) is 137 cm³/mol. The zero-order valence-electron chi connectivity index (χ0n) is 20.4. The Morgan fingerprint density at radius 1 is 1.35 bits per heavy atom. The number of carbonyl (C=O) groups excluding carboxylic acids is 1. The Morgan fingerprint density at radius 3 is 2.76 bits per heavy atom. The van der Waals surface area contributed by atoms with Crippen LogP contribution in [0.1, 0.15) is 68.1 Å². The molecule has 0 saturated heterocycles. The molecule has 1 aromatic heterocycles. The average molecular weight is 484 g/mol. The summed E-state index contributed by atoms with van der Waals surface area (Å²) in [4.78, 5) is 19.4. The fourth-order valence-corrected chi connectivity index (χ4v) is 7.27. The molecule has 34 heavy (non-hydrogen) atoms. The van der Waals surface area contributed by atoms with Crippen molar-refractivity contribution < 1.29 is 15.0 Å². The molecule has 2 aliphatic carbocycles. The highest BCUT2D eigenvalue weighted by Gasteiger charge is 2.59. The van der Waals surface area contributed by atoms with E-state index in [4.69, 9.17) is 4.98 Å². The highest BCUT2D eigenvalue weighted by molar-refractivity contribution is 7.15. The number of anilines is 1. The molecule has 184 valence electrons. The van der Waals surface area contributed by atoms with Crippen LogP contribution in [0.2, 0.25) is 0 Å². The van der Waals surface area contributed by atoms with Crippen LogP contribution in [-0.2, 0) is 11.2 Å². The first-order valence-electron chi connectivity index (χ1n) is 12.2. The summed E-state index contributed by atoms with van der Waals surface area (Å²) in [5.41, 5.74) is 1.20. The molecule has 7 heteroatoms. The number of nitrogens with zero attached hydrogens (tertiary/aromatic N) is 1. The summed E-state index contributed by atoms with van der Waals surface area (Å²) in [5, 5.41) is 28.6. The molecule has 2 aliphatic rings. The molecule has 0 unspecified atom stereocenters. The van der Waals surface area contributed by atoms with Crippen LogP contribution in [0.5, 0.6) is 0 Å². The number of fused-ring (bicyclic) bond motifs is 2. The Hall–Kier alpha value is -2.22. The number of nitrogens with one attached hydrogen (secondary N) is 2. The second kappa shape index (κ2) is 9.80. The smallest absolute Gasteiger partial charge is 0.221 e. The number of thiazole rings is 1. The minimum Gasteiger partial charge on any atom is -0.396 e. The molecule has 1 aromatic carbocycles. The Labute approximate surface area is 206 Å². The second-order valence-corrected chi connectivity index (χ2v) is 11.5. The third-order valence-electron chi connectivity index (χ3n) is 8.36. The molecule has 6 nitrogen and oxygen atoms in total. The average Bonchev–Trinajstić information content (AvgIpc) is 3.24. The maximum Gasteiger partial charge on any atom is 0.221 e. The second-order valence-electron chi connectivity index (χ2n) is 10.4. The quantitative estimate of drug-likeness (QED) is 0.417. The number of hydrogen-bond donors (Lipinski definition) is 4. The minimum atomic E-state index is -0.616. The molecule has 0 bridgehead atoms. The van der Waals surface area contributed by atoms with Crippen molar-refractivity contribution in [3.8, 4) is 0 Å². The van der Waals surface area contributed by atoms with E-state index in [1.807, 2.05) is 44.2 Å². The van der Waals surface area contributed by atoms with E-state index in [0.29, 0.717) is 19.4 Å². The van der Waals surface area contributed by atoms with Gasteiger partial charge < -0.3 is 20.8 Å². The molecule has 4 rings (SSSR count). The standard InChI is InChI=1S/C27H37N3O3S/c1-5-13-28-25-30-24-19(14-23(33)29-17(2)18-9-7-6-8-10-18)26(3)12-11-22(32)27(4,16-31)21(26)15-20(24)34-25/h5-10,17,19,21-22,31-32H,1,11-16H2,2-4H3,(H,28,30)(H,29,33)/t17-,19-,21+,22-,26+,27+/m1/s1. The van der Waals surface area contributed by atoms with E-state index in [-0.39, 0.29) is 35.8 Å². The van der Waals surface area contributed by atoms with E-state index >= 15 is 0 Å². The number of hydrogen-bond acceptors (Lipinski definition) is 6. The first-order chi connectivity index (χ1) is 16.2. The van der Waals surface area contributed by atoms with Gasteiger partial charge in [-0.15, -0.1) is 17.9 Å². The molecule has 0 spiro atoms. The first-order valence-corrected chi connectivity index (χ1v) is 13.0. The third kappa shape index (κ3) is 4.41. The normalized spacial score (nSPS) is 31.1. The summed E-state index contributed by atoms with van der Waals surface area (Å²) in [6.45, 7) is 10.6. The van der Waals surface area contributed by atoms with Gasteiger partial charge in [0.1, 0.15) is 0 Å². The first kappa shape index (κ1) is 24.9. The molecule has 2 aromatic rings. The van der Waals surface area contributed by atoms with E-state index < -0.39 is 11.5 Å². The summed E-state index contributed by atoms with van der Waals surface area (Å²) in [6.07, 6.45) is 3.74. The van der Waals surface area contributed by atoms with Gasteiger partial charge in [0.05, 0.1) is 24.4 Å². The number of carbonyl (C=O) groups is 1. The van der Waals surface area contributed by atoms with Gasteiger partial charge in [-0.25, -0.2) is 4.98 Å². The molecule has 6 atom stereocenters. The fraction of sp³-hybridized carbons (Fsp3) is 0.556. The molecule has 0 aliphatic heterocycles. The highest BCUT2D eigenvalue weighted by atomic mass is 32.1. The number of amides is 1. The topological polar surface area (TPSA) is 94.5 Å². The van der Waals surface area contributed by atoms with E-state index in [9.17, 15) is 15.0 Å². The summed E-state index contributed by atoms with van der Waals surface area (Å²) in [6, 6.07) is 9.89. The van der Waals surface area contributed by atoms with Gasteiger partial charge in [0, 0.05) is 29.2 Å². The van der Waals surface area contributed by atoms with Crippen molar-refractivity contribution in [2.45, 2.75) is 64.5 Å². The molecule has 1 fully saturated rings. The van der Waals surface area contributed by atoms with Crippen molar-refractivity contribution >= 4 is 22.4 Å². The number of aliphatic hydroxyl groups is 2. The van der Waals surface area contributed by atoms with Crippen LogP contribution in [0.3, 0.4) is 0 Å². The van der Waals surface area contributed by atoms with Crippen molar-refractivity contribution in [1.29, 1.82) is 0 Å². The number of aromatic nitrogens is 1. The SMILES string of the molecule is C=CCNc1nc2c(s1)C[C@@H]1[C@](C)(CO)[C@H](O)CC[C@@]1(C)[C@@H]2CC(=O)N[C@H](C)c1ccccc1. The lowest BCUT2D eigenvalue weighted by Gasteiger charge is -2.58. The summed E-state index contributed by atoms with van der Waals surface area (Å²) < 4.78 is 0. The van der Waals surface area contributed by atoms with Gasteiger partial charge in [0.25, 0.3) is 0 Å². The molecule has 1 amide bonds. The molecule has 1 heterocycles. The molecule has 1 saturated carbocycles. The van der Waals surface area contributed by atoms with Crippen molar-refractivity contribution in [2.75, 3.05) is 18.5 Å². The Morgan fingerprint density at radius 2 is 2.09 bits per heavy atom. The zero-order valence-corrected chi connectivity index (χ0v) is 21.2. The lowest BCUT2D eigenvalue weighted by Crippen LogP contribution is -2.57. The van der Waals surface area contributed by atoms with Gasteiger partial charge >= 0.3 is 0 Å². The van der Waals surface area contributed by atoms with Gasteiger partial charge in [-0.1, -0.05) is 50.3 Å². The van der Waals surface area contributed by atoms with Gasteiger partial charge in [-0.05, 0) is 43.1 Å². The van der Waals surface area contributed by atoms with E-state index in [1.54, 1.807) is 17.4 Å². The van der Waals surface area contributed by atoms with Gasteiger partial charge in [-0.2, -0.15) is 0 Å². The van der Waals surface area contributed by atoms with E-state index in [1.165, 1.54) is 0 Å². The zero-order chi connectivity index (χ0) is 24.5. The van der Waals surface area contributed by atoms with Crippen LogP contribution in [0.25, 0.3) is 0 Å². The maximum atomic E-state index is 13.3. The Balaban J connectivity index is 1.66. The van der Waals surface area contributed by atoms with Crippen molar-refractivity contribution in [3.05, 3.63) is 59.1 Å². The Kier molecular flexibility index (Phi) is 7.17. The summed E-state index contributed by atoms with van der Waals surface area (Å²) in [5.74, 6) is -0.0315. The van der Waals surface area contributed by atoms with Crippen LogP contribution in [0.4, 0.5) is 5.13 Å². The lowest BCUT2D eigenvalue weighted by molar-refractivity contribution is -0.144. The van der Waals surface area contributed by atoms with E-state index in [0.717, 1.165) is 34.1 Å². The summed E-state index contributed by atoms with van der Waals surface area (Å²) in [7, 11) is 0. The largest absolute Gasteiger partial charge is 0.396 e. The van der Waals surface area contributed by atoms with Crippen LogP contribution in [-0.4, -0.2) is 40.4 Å². The van der Waals surface area contributed by atoms with Gasteiger partial charge in [0.15, 0.2) is 5.13 Å². The van der Waals surface area contributed by atoms with Gasteiger partial charge in [0.2, 0.25) is 5.91 Å². The van der Waals surface area contributed by atoms with Crippen molar-refractivity contribution in [3.63, 3.8) is 0 Å². The van der Waals surface area contributed by atoms with E-state index in [2.05, 4.69) is 24.1 Å². The van der Waals surface area contributed by atoms with Gasteiger partial charge in [-0.3, -0.25) is 4.79 Å². The monoisotopic (exact) mass is 483 g/mol. The molecular weight excluding hydrogens is 446 g/mol. The third-order valence-corrected chi connectivity index (χ3v) is 9.41. The van der Waals surface area contributed by atoms with Crippen LogP contribution in [0, 0.1) is 16.7 Å². The number of benzene rings is 1. The van der Waals surface area contributed by atoms with Crippen LogP contribution >= 0.6 is 11.3 Å². The number of rotatable bonds is 8. The highest BCUT2D eigenvalue weighted by Crippen LogP contribution is 2.62. The molecule has 0 radical (unpaired) electrons. The minimum absolute atomic E-state index is 0.000368. The fourth-order valence-electron chi connectivity index (χ4n) is 6.19. The lowest BCUT2D eigenvalue weighted by atomic mass is 9.47. The van der Waals surface area contributed by atoms with Crippen LogP contribution in [0.15, 0.2) is 43.0 Å². The van der Waals surface area contributed by atoms with Crippen molar-refractivity contribution in [2.24, 2.45) is 16.7 Å². The Bertz CT molecular complexity index is 1030. The van der Waals surface area contributed by atoms with Crippen molar-refractivity contribution in [1.82, 2.24) is 10.3 Å². The molecule has 4 N–H and O–H groups in total. The maximum absolute atomic E-state index is 13.3. The predicted octanol–water partition coefficient (Wildman–Crippen LogP) is 4.42.